The Morgan fingerprint density at radius 1 is 0.848 bits per heavy atom. The molecule has 8 nitrogen and oxygen atoms in total. The minimum absolute atomic E-state index is 0.216. The summed E-state index contributed by atoms with van der Waals surface area (Å²) in [5.41, 5.74) is 1.88. The van der Waals surface area contributed by atoms with Gasteiger partial charge in [0.15, 0.2) is 0 Å². The zero-order chi connectivity index (χ0) is 23.2. The van der Waals surface area contributed by atoms with Crippen molar-refractivity contribution in [3.63, 3.8) is 0 Å². The molecule has 0 unspecified atom stereocenters. The number of nitrogens with zero attached hydrogens (tertiary/aromatic N) is 4. The number of aromatic nitrogens is 2. The molecule has 1 aromatic heterocycles. The second kappa shape index (κ2) is 7.83. The van der Waals surface area contributed by atoms with Crippen LogP contribution in [0.3, 0.4) is 0 Å². The van der Waals surface area contributed by atoms with E-state index >= 15 is 0 Å². The molecular weight excluding hydrogens is 439 g/mol. The summed E-state index contributed by atoms with van der Waals surface area (Å²) in [6, 6.07) is 24.2. The number of nitriles is 2. The van der Waals surface area contributed by atoms with Crippen LogP contribution in [0, 0.1) is 22.7 Å². The predicted octanol–water partition coefficient (Wildman–Crippen LogP) is 4.82. The molecule has 5 aromatic rings. The topological polar surface area (TPSA) is 132 Å². The molecule has 0 saturated heterocycles. The van der Waals surface area contributed by atoms with Crippen molar-refractivity contribution in [3.05, 3.63) is 77.9 Å². The molecule has 0 atom stereocenters. The Hall–Kier alpha value is -4.04. The van der Waals surface area contributed by atoms with Gasteiger partial charge in [-0.2, -0.15) is 10.5 Å². The van der Waals surface area contributed by atoms with Gasteiger partial charge >= 0.3 is 7.82 Å². The third kappa shape index (κ3) is 3.44. The fourth-order valence-corrected chi connectivity index (χ4v) is 4.46. The molecule has 33 heavy (non-hydrogen) atoms. The van der Waals surface area contributed by atoms with Gasteiger partial charge in [0, 0.05) is 10.8 Å². The van der Waals surface area contributed by atoms with Crippen LogP contribution in [0.5, 0.6) is 0 Å². The Morgan fingerprint density at radius 3 is 1.97 bits per heavy atom. The van der Waals surface area contributed by atoms with Gasteiger partial charge in [0.05, 0.1) is 39.9 Å². The van der Waals surface area contributed by atoms with Crippen molar-refractivity contribution in [2.24, 2.45) is 0 Å². The highest BCUT2D eigenvalue weighted by molar-refractivity contribution is 7.46. The number of benzene rings is 4. The van der Waals surface area contributed by atoms with E-state index in [0.29, 0.717) is 11.0 Å². The van der Waals surface area contributed by atoms with E-state index in [-0.39, 0.29) is 22.5 Å². The van der Waals surface area contributed by atoms with E-state index in [1.807, 2.05) is 48.5 Å². The van der Waals surface area contributed by atoms with Gasteiger partial charge in [0.25, 0.3) is 0 Å². The SMILES string of the molecule is N#Cc1cccc(C#N)c1-c1nc2c3ccccc3c3ccccc3c2n1COP(=O)(O)O. The number of imidazole rings is 1. The van der Waals surface area contributed by atoms with Gasteiger partial charge in [-0.3, -0.25) is 9.09 Å². The first-order valence-corrected chi connectivity index (χ1v) is 11.4. The molecule has 0 radical (unpaired) electrons. The minimum atomic E-state index is -4.82. The molecule has 0 bridgehead atoms. The Balaban J connectivity index is 2.00. The molecule has 0 amide bonds. The van der Waals surface area contributed by atoms with Crippen LogP contribution in [0.15, 0.2) is 66.7 Å². The zero-order valence-electron chi connectivity index (χ0n) is 17.0. The van der Waals surface area contributed by atoms with Gasteiger partial charge in [-0.25, -0.2) is 9.55 Å². The Morgan fingerprint density at radius 2 is 1.39 bits per heavy atom. The van der Waals surface area contributed by atoms with Gasteiger partial charge in [-0.05, 0) is 22.9 Å². The van der Waals surface area contributed by atoms with E-state index in [1.165, 1.54) is 4.57 Å². The van der Waals surface area contributed by atoms with Crippen molar-refractivity contribution in [2.45, 2.75) is 6.73 Å². The fourth-order valence-electron chi connectivity index (χ4n) is 4.19. The van der Waals surface area contributed by atoms with E-state index in [4.69, 9.17) is 9.51 Å². The average Bonchev–Trinajstić information content (AvgIpc) is 3.21. The molecular formula is C24H15N4O4P. The molecule has 160 valence electrons. The lowest BCUT2D eigenvalue weighted by atomic mass is 10.00. The third-order valence-corrected chi connectivity index (χ3v) is 5.96. The summed E-state index contributed by atoms with van der Waals surface area (Å²) in [4.78, 5) is 23.6. The fraction of sp³-hybridized carbons (Fsp3) is 0.0417. The number of hydrogen-bond donors (Lipinski definition) is 2. The monoisotopic (exact) mass is 454 g/mol. The van der Waals surface area contributed by atoms with Gasteiger partial charge in [-0.1, -0.05) is 54.6 Å². The van der Waals surface area contributed by atoms with Crippen LogP contribution < -0.4 is 0 Å². The van der Waals surface area contributed by atoms with Gasteiger partial charge in [0.1, 0.15) is 12.6 Å². The Bertz CT molecular complexity index is 1670. The lowest BCUT2D eigenvalue weighted by molar-refractivity contribution is 0.157. The normalized spacial score (nSPS) is 11.6. The van der Waals surface area contributed by atoms with Crippen LogP contribution in [0.4, 0.5) is 0 Å². The van der Waals surface area contributed by atoms with Crippen LogP contribution >= 0.6 is 7.82 Å². The maximum Gasteiger partial charge on any atom is 0.471 e. The molecule has 1 heterocycles. The van der Waals surface area contributed by atoms with E-state index in [1.54, 1.807) is 18.2 Å². The van der Waals surface area contributed by atoms with E-state index in [0.717, 1.165) is 21.5 Å². The van der Waals surface area contributed by atoms with Gasteiger partial charge in [0.2, 0.25) is 0 Å². The average molecular weight is 454 g/mol. The number of fused-ring (bicyclic) bond motifs is 6. The Labute approximate surface area is 187 Å². The highest BCUT2D eigenvalue weighted by Crippen LogP contribution is 2.41. The van der Waals surface area contributed by atoms with E-state index < -0.39 is 14.6 Å². The van der Waals surface area contributed by atoms with Crippen molar-refractivity contribution in [1.29, 1.82) is 10.5 Å². The lowest BCUT2D eigenvalue weighted by Gasteiger charge is -2.14. The van der Waals surface area contributed by atoms with Crippen LogP contribution in [0.25, 0.3) is 44.0 Å². The van der Waals surface area contributed by atoms with Crippen molar-refractivity contribution in [2.75, 3.05) is 0 Å². The quantitative estimate of drug-likeness (QED) is 0.294. The van der Waals surface area contributed by atoms with Crippen molar-refractivity contribution in [3.8, 4) is 23.5 Å². The molecule has 0 fully saturated rings. The summed E-state index contributed by atoms with van der Waals surface area (Å²) < 4.78 is 18.0. The van der Waals surface area contributed by atoms with Crippen LogP contribution in [0.2, 0.25) is 0 Å². The van der Waals surface area contributed by atoms with Crippen molar-refractivity contribution < 1.29 is 18.9 Å². The molecule has 9 heteroatoms. The molecule has 0 saturated carbocycles. The summed E-state index contributed by atoms with van der Waals surface area (Å²) >= 11 is 0. The van der Waals surface area contributed by atoms with Crippen LogP contribution in [0.1, 0.15) is 11.1 Å². The largest absolute Gasteiger partial charge is 0.471 e. The molecule has 0 spiro atoms. The summed E-state index contributed by atoms with van der Waals surface area (Å²) in [6.45, 7) is -0.525. The summed E-state index contributed by atoms with van der Waals surface area (Å²) in [5.74, 6) is 0.216. The molecule has 0 aliphatic carbocycles. The molecule has 0 aliphatic rings. The van der Waals surface area contributed by atoms with E-state index in [2.05, 4.69) is 12.1 Å². The third-order valence-electron chi connectivity index (χ3n) is 5.51. The number of rotatable bonds is 4. The van der Waals surface area contributed by atoms with Crippen molar-refractivity contribution >= 4 is 40.4 Å². The zero-order valence-corrected chi connectivity index (χ0v) is 17.9. The second-order valence-electron chi connectivity index (χ2n) is 7.35. The first-order valence-electron chi connectivity index (χ1n) is 9.86. The maximum atomic E-state index is 11.6. The smallest absolute Gasteiger partial charge is 0.303 e. The predicted molar refractivity (Wildman–Crippen MR) is 123 cm³/mol. The molecule has 4 aromatic carbocycles. The molecule has 5 rings (SSSR count). The molecule has 2 N–H and O–H groups in total. The van der Waals surface area contributed by atoms with Crippen LogP contribution in [-0.2, 0) is 15.8 Å². The Kier molecular flexibility index (Phi) is 4.94. The maximum absolute atomic E-state index is 11.6. The summed E-state index contributed by atoms with van der Waals surface area (Å²) in [5, 5.41) is 22.9. The summed E-state index contributed by atoms with van der Waals surface area (Å²) in [6.07, 6.45) is 0. The first-order chi connectivity index (χ1) is 15.9. The number of phosphoric ester groups is 1. The van der Waals surface area contributed by atoms with E-state index in [9.17, 15) is 24.9 Å². The highest BCUT2D eigenvalue weighted by atomic mass is 31.2. The standard InChI is InChI=1S/C24H15N4O4P/c25-12-15-6-5-7-16(13-26)21(15)24-27-22-19-10-3-1-8-17(19)18-9-2-4-11-20(18)23(22)28(24)14-32-33(29,30)31/h1-11H,14H2,(H2,29,30,31). The second-order valence-corrected chi connectivity index (χ2v) is 8.59. The minimum Gasteiger partial charge on any atom is -0.303 e. The lowest BCUT2D eigenvalue weighted by Crippen LogP contribution is -2.05. The van der Waals surface area contributed by atoms with Gasteiger partial charge in [-0.15, -0.1) is 0 Å². The van der Waals surface area contributed by atoms with Gasteiger partial charge < -0.3 is 9.79 Å². The molecule has 0 aliphatic heterocycles. The van der Waals surface area contributed by atoms with Crippen molar-refractivity contribution in [1.82, 2.24) is 9.55 Å². The van der Waals surface area contributed by atoms with Crippen LogP contribution in [-0.4, -0.2) is 19.3 Å². The summed E-state index contributed by atoms with van der Waals surface area (Å²) in [7, 11) is -4.82. The number of phosphoric acid groups is 1. The first kappa shape index (κ1) is 20.8. The number of hydrogen-bond acceptors (Lipinski definition) is 5. The highest BCUT2D eigenvalue weighted by Gasteiger charge is 2.24.